The fourth-order valence-electron chi connectivity index (χ4n) is 6.05. The van der Waals surface area contributed by atoms with E-state index < -0.39 is 0 Å². The fourth-order valence-corrected chi connectivity index (χ4v) is 6.94. The highest BCUT2D eigenvalue weighted by molar-refractivity contribution is 7.98. The highest BCUT2D eigenvalue weighted by Gasteiger charge is 2.35. The summed E-state index contributed by atoms with van der Waals surface area (Å²) in [5.74, 6) is 0.384. The Morgan fingerprint density at radius 3 is 2.65 bits per heavy atom. The number of thiocarbonyl (C=S) groups is 1. The van der Waals surface area contributed by atoms with E-state index in [1.54, 1.807) is 17.8 Å². The lowest BCUT2D eigenvalue weighted by Crippen LogP contribution is -2.47. The van der Waals surface area contributed by atoms with Crippen molar-refractivity contribution in [2.24, 2.45) is 5.92 Å². The average molecular weight is 630 g/mol. The van der Waals surface area contributed by atoms with Gasteiger partial charge >= 0.3 is 0 Å². The molecule has 2 aliphatic rings. The van der Waals surface area contributed by atoms with Gasteiger partial charge in [0, 0.05) is 65.0 Å². The van der Waals surface area contributed by atoms with Crippen molar-refractivity contribution in [3.8, 4) is 0 Å². The molecule has 2 unspecified atom stereocenters. The van der Waals surface area contributed by atoms with Gasteiger partial charge in [0.1, 0.15) is 0 Å². The van der Waals surface area contributed by atoms with Crippen LogP contribution in [-0.4, -0.2) is 34.9 Å². The average Bonchev–Trinajstić information content (AvgIpc) is 3.01. The zero-order valence-electron chi connectivity index (χ0n) is 23.7. The van der Waals surface area contributed by atoms with E-state index in [1.165, 1.54) is 0 Å². The number of rotatable bonds is 7. The van der Waals surface area contributed by atoms with Gasteiger partial charge in [0.25, 0.3) is 11.5 Å². The maximum Gasteiger partial charge on any atom is 0.251 e. The van der Waals surface area contributed by atoms with Crippen molar-refractivity contribution in [1.82, 2.24) is 9.88 Å². The number of benzene rings is 3. The van der Waals surface area contributed by atoms with Crippen LogP contribution in [0.4, 0.5) is 17.1 Å². The van der Waals surface area contributed by atoms with E-state index in [9.17, 15) is 9.59 Å². The molecule has 2 atom stereocenters. The number of aromatic nitrogens is 1. The first kappa shape index (κ1) is 29.3. The van der Waals surface area contributed by atoms with Gasteiger partial charge in [-0.15, -0.1) is 11.8 Å². The second-order valence-corrected chi connectivity index (χ2v) is 12.6. The van der Waals surface area contributed by atoms with E-state index in [0.717, 1.165) is 52.7 Å². The second-order valence-electron chi connectivity index (χ2n) is 10.9. The molecule has 220 valence electrons. The molecule has 2 bridgehead atoms. The number of hydrogen-bond donors (Lipinski definition) is 3. The van der Waals surface area contributed by atoms with Gasteiger partial charge in [0.2, 0.25) is 0 Å². The third-order valence-electron chi connectivity index (χ3n) is 8.05. The van der Waals surface area contributed by atoms with E-state index in [2.05, 4.69) is 33.0 Å². The second kappa shape index (κ2) is 12.8. The normalized spacial score (nSPS) is 17.1. The predicted octanol–water partition coefficient (Wildman–Crippen LogP) is 6.59. The van der Waals surface area contributed by atoms with Crippen LogP contribution in [0.2, 0.25) is 5.02 Å². The zero-order chi connectivity index (χ0) is 29.9. The SMILES string of the molecule is CSc1cccc(NC(=S)Nc2cc(C(=O)NCc3ccccc3Cl)ccc2N2CC3CC(C2)c2cccc(=O)n2C3)c1. The number of piperidine rings is 1. The third-order valence-corrected chi connectivity index (χ3v) is 9.35. The minimum absolute atomic E-state index is 0.0668. The molecule has 1 saturated heterocycles. The van der Waals surface area contributed by atoms with Gasteiger partial charge < -0.3 is 25.4 Å². The Morgan fingerprint density at radius 1 is 0.977 bits per heavy atom. The van der Waals surface area contributed by atoms with E-state index in [-0.39, 0.29) is 17.4 Å². The number of pyridine rings is 1. The molecule has 43 heavy (non-hydrogen) atoms. The molecule has 1 amide bonds. The van der Waals surface area contributed by atoms with Crippen LogP contribution < -0.4 is 26.4 Å². The molecule has 0 spiro atoms. The number of amides is 1. The standard InChI is InChI=1S/C33H32ClN5O2S2/c1-43-26-8-4-7-25(16-26)36-33(42)37-28-15-22(32(41)35-17-23-6-2-3-9-27(23)34)12-13-30(28)38-18-21-14-24(20-38)29-10-5-11-31(40)39(29)19-21/h2-13,15-16,21,24H,14,17-20H2,1H3,(H,35,41)(H2,36,37,42). The summed E-state index contributed by atoms with van der Waals surface area (Å²) in [5.41, 5.74) is 5.11. The molecule has 7 nitrogen and oxygen atoms in total. The highest BCUT2D eigenvalue weighted by atomic mass is 35.5. The molecular formula is C33H32ClN5O2S2. The smallest absolute Gasteiger partial charge is 0.251 e. The molecule has 4 aromatic rings. The van der Waals surface area contributed by atoms with Gasteiger partial charge in [-0.2, -0.15) is 0 Å². The number of anilines is 3. The maximum absolute atomic E-state index is 13.3. The molecule has 3 aromatic carbocycles. The number of carbonyl (C=O) groups excluding carboxylic acids is 1. The van der Waals surface area contributed by atoms with E-state index >= 15 is 0 Å². The van der Waals surface area contributed by atoms with Crippen LogP contribution in [0.3, 0.4) is 0 Å². The van der Waals surface area contributed by atoms with Crippen LogP contribution in [0.15, 0.2) is 94.6 Å². The van der Waals surface area contributed by atoms with Crippen molar-refractivity contribution >= 4 is 63.7 Å². The number of nitrogens with one attached hydrogen (secondary N) is 3. The molecule has 3 heterocycles. The van der Waals surface area contributed by atoms with Crippen LogP contribution in [0, 0.1) is 5.92 Å². The van der Waals surface area contributed by atoms with Crippen molar-refractivity contribution in [2.45, 2.75) is 30.3 Å². The molecule has 1 fully saturated rings. The minimum Gasteiger partial charge on any atom is -0.369 e. The Labute approximate surface area is 265 Å². The van der Waals surface area contributed by atoms with Crippen molar-refractivity contribution in [2.75, 3.05) is 34.9 Å². The predicted molar refractivity (Wildman–Crippen MR) is 181 cm³/mol. The quantitative estimate of drug-likeness (QED) is 0.157. The van der Waals surface area contributed by atoms with Crippen LogP contribution in [0.25, 0.3) is 0 Å². The summed E-state index contributed by atoms with van der Waals surface area (Å²) in [6.45, 7) is 2.60. The van der Waals surface area contributed by atoms with Gasteiger partial charge in [-0.3, -0.25) is 9.59 Å². The molecule has 0 saturated carbocycles. The first-order chi connectivity index (χ1) is 20.9. The first-order valence-electron chi connectivity index (χ1n) is 14.2. The minimum atomic E-state index is -0.204. The molecule has 6 rings (SSSR count). The molecule has 0 aliphatic carbocycles. The molecule has 2 aliphatic heterocycles. The number of thioether (sulfide) groups is 1. The Morgan fingerprint density at radius 2 is 1.81 bits per heavy atom. The van der Waals surface area contributed by atoms with Crippen molar-refractivity contribution in [1.29, 1.82) is 0 Å². The van der Waals surface area contributed by atoms with E-state index in [4.69, 9.17) is 23.8 Å². The number of fused-ring (bicyclic) bond motifs is 4. The summed E-state index contributed by atoms with van der Waals surface area (Å²) in [6, 6.07) is 26.8. The van der Waals surface area contributed by atoms with Gasteiger partial charge in [-0.25, -0.2) is 0 Å². The summed E-state index contributed by atoms with van der Waals surface area (Å²) < 4.78 is 1.93. The van der Waals surface area contributed by atoms with Crippen LogP contribution in [0.5, 0.6) is 0 Å². The van der Waals surface area contributed by atoms with Gasteiger partial charge in [0.15, 0.2) is 5.11 Å². The molecule has 3 N–H and O–H groups in total. The van der Waals surface area contributed by atoms with Crippen molar-refractivity contribution in [3.05, 3.63) is 117 Å². The summed E-state index contributed by atoms with van der Waals surface area (Å²) in [7, 11) is 0. The third kappa shape index (κ3) is 6.59. The Balaban J connectivity index is 1.27. The zero-order valence-corrected chi connectivity index (χ0v) is 26.1. The Kier molecular flexibility index (Phi) is 8.74. The number of carbonyl (C=O) groups is 1. The molecule has 0 radical (unpaired) electrons. The monoisotopic (exact) mass is 629 g/mol. The van der Waals surface area contributed by atoms with E-state index in [1.807, 2.05) is 77.6 Å². The topological polar surface area (TPSA) is 78.4 Å². The number of nitrogens with zero attached hydrogens (tertiary/aromatic N) is 2. The fraction of sp³-hybridized carbons (Fsp3) is 0.242. The lowest BCUT2D eigenvalue weighted by atomic mass is 9.83. The van der Waals surface area contributed by atoms with Gasteiger partial charge in [-0.05, 0) is 84.9 Å². The maximum atomic E-state index is 13.3. The van der Waals surface area contributed by atoms with Crippen LogP contribution >= 0.6 is 35.6 Å². The van der Waals surface area contributed by atoms with Gasteiger partial charge in [0.05, 0.1) is 11.4 Å². The van der Waals surface area contributed by atoms with Crippen molar-refractivity contribution < 1.29 is 4.79 Å². The Bertz CT molecular complexity index is 1740. The summed E-state index contributed by atoms with van der Waals surface area (Å²) in [5, 5.41) is 10.7. The molecule has 10 heteroatoms. The summed E-state index contributed by atoms with van der Waals surface area (Å²) in [6.07, 6.45) is 3.09. The van der Waals surface area contributed by atoms with E-state index in [0.29, 0.717) is 34.7 Å². The molecule has 1 aromatic heterocycles. The van der Waals surface area contributed by atoms with Gasteiger partial charge in [-0.1, -0.05) is 41.9 Å². The summed E-state index contributed by atoms with van der Waals surface area (Å²) in [4.78, 5) is 29.3. The molecular weight excluding hydrogens is 598 g/mol. The lowest BCUT2D eigenvalue weighted by molar-refractivity contribution is 0.0951. The Hall–Kier alpha value is -3.79. The largest absolute Gasteiger partial charge is 0.369 e. The van der Waals surface area contributed by atoms with Crippen LogP contribution in [0.1, 0.15) is 34.0 Å². The lowest BCUT2D eigenvalue weighted by Gasteiger charge is -2.44. The number of halogens is 1. The number of hydrogen-bond acceptors (Lipinski definition) is 5. The highest BCUT2D eigenvalue weighted by Crippen LogP contribution is 2.39. The van der Waals surface area contributed by atoms with Crippen molar-refractivity contribution in [3.63, 3.8) is 0 Å². The first-order valence-corrected chi connectivity index (χ1v) is 16.2. The van der Waals surface area contributed by atoms with Crippen LogP contribution in [-0.2, 0) is 13.1 Å². The summed E-state index contributed by atoms with van der Waals surface area (Å²) >= 11 is 13.7.